The molecule has 0 aliphatic rings. The van der Waals surface area contributed by atoms with E-state index in [0.717, 1.165) is 5.56 Å². The molecule has 3 heteroatoms. The monoisotopic (exact) mass is 242 g/mol. The number of carbonyl (C=O) groups is 1. The second-order valence-corrected chi connectivity index (χ2v) is 3.97. The molecule has 0 aliphatic heterocycles. The summed E-state index contributed by atoms with van der Waals surface area (Å²) in [5, 5.41) is 9.63. The smallest absolute Gasteiger partial charge is 0.167 e. The summed E-state index contributed by atoms with van der Waals surface area (Å²) in [6, 6.07) is 14.2. The molecule has 1 N–H and O–H groups in total. The van der Waals surface area contributed by atoms with Gasteiger partial charge in [0.2, 0.25) is 0 Å². The van der Waals surface area contributed by atoms with E-state index in [-0.39, 0.29) is 11.5 Å². The number of carbonyl (C=O) groups excluding carboxylic acids is 1. The van der Waals surface area contributed by atoms with Crippen molar-refractivity contribution < 1.29 is 14.6 Å². The predicted molar refractivity (Wildman–Crippen MR) is 69.1 cm³/mol. The molecule has 3 nitrogen and oxygen atoms in total. The number of ketones is 1. The SMILES string of the molecule is COc1ccc(C(=O)Cc2ccccc2)cc1O. The lowest BCUT2D eigenvalue weighted by Gasteiger charge is -2.05. The highest BCUT2D eigenvalue weighted by atomic mass is 16.5. The Labute approximate surface area is 106 Å². The summed E-state index contributed by atoms with van der Waals surface area (Å²) in [5.74, 6) is 0.321. The normalized spacial score (nSPS) is 10.1. The first-order valence-electron chi connectivity index (χ1n) is 5.65. The highest BCUT2D eigenvalue weighted by molar-refractivity contribution is 5.98. The quantitative estimate of drug-likeness (QED) is 0.838. The van der Waals surface area contributed by atoms with Crippen molar-refractivity contribution in [1.82, 2.24) is 0 Å². The van der Waals surface area contributed by atoms with E-state index in [1.165, 1.54) is 13.2 Å². The van der Waals surface area contributed by atoms with Crippen LogP contribution >= 0.6 is 0 Å². The second-order valence-electron chi connectivity index (χ2n) is 3.97. The van der Waals surface area contributed by atoms with Crippen LogP contribution in [0.15, 0.2) is 48.5 Å². The molecule has 0 saturated heterocycles. The maximum absolute atomic E-state index is 12.0. The molecule has 0 unspecified atom stereocenters. The van der Waals surface area contributed by atoms with Gasteiger partial charge in [0.15, 0.2) is 17.3 Å². The number of rotatable bonds is 4. The maximum atomic E-state index is 12.0. The molecule has 0 bridgehead atoms. The summed E-state index contributed by atoms with van der Waals surface area (Å²) in [6.07, 6.45) is 0.326. The molecule has 2 rings (SSSR count). The van der Waals surface area contributed by atoms with E-state index >= 15 is 0 Å². The Kier molecular flexibility index (Phi) is 3.63. The first kappa shape index (κ1) is 12.2. The van der Waals surface area contributed by atoms with Crippen LogP contribution in [0.1, 0.15) is 15.9 Å². The second kappa shape index (κ2) is 5.36. The first-order valence-corrected chi connectivity index (χ1v) is 5.65. The van der Waals surface area contributed by atoms with Crippen LogP contribution in [0.5, 0.6) is 11.5 Å². The molecular weight excluding hydrogens is 228 g/mol. The number of ether oxygens (including phenoxy) is 1. The fourth-order valence-electron chi connectivity index (χ4n) is 1.75. The summed E-state index contributed by atoms with van der Waals surface area (Å²) in [7, 11) is 1.47. The lowest BCUT2D eigenvalue weighted by molar-refractivity contribution is 0.0992. The van der Waals surface area contributed by atoms with Gasteiger partial charge in [0, 0.05) is 12.0 Å². The highest BCUT2D eigenvalue weighted by Crippen LogP contribution is 2.26. The van der Waals surface area contributed by atoms with Gasteiger partial charge in [-0.3, -0.25) is 4.79 Å². The predicted octanol–water partition coefficient (Wildman–Crippen LogP) is 2.83. The average Bonchev–Trinajstić information content (AvgIpc) is 2.39. The van der Waals surface area contributed by atoms with Crippen LogP contribution in [0, 0.1) is 0 Å². The third-order valence-electron chi connectivity index (χ3n) is 2.71. The Balaban J connectivity index is 2.17. The number of Topliss-reactive ketones (excluding diaryl/α,β-unsaturated/α-hetero) is 1. The molecule has 0 aliphatic carbocycles. The molecule has 92 valence electrons. The van der Waals surface area contributed by atoms with E-state index in [0.29, 0.717) is 17.7 Å². The van der Waals surface area contributed by atoms with Crippen molar-refractivity contribution in [3.63, 3.8) is 0 Å². The molecular formula is C15H14O3. The Bertz CT molecular complexity index is 547. The molecule has 0 heterocycles. The van der Waals surface area contributed by atoms with Gasteiger partial charge < -0.3 is 9.84 Å². The van der Waals surface area contributed by atoms with Crippen molar-refractivity contribution in [3.8, 4) is 11.5 Å². The molecule has 2 aromatic carbocycles. The van der Waals surface area contributed by atoms with E-state index in [4.69, 9.17) is 4.74 Å². The number of phenolic OH excluding ortho intramolecular Hbond substituents is 1. The highest BCUT2D eigenvalue weighted by Gasteiger charge is 2.10. The lowest BCUT2D eigenvalue weighted by Crippen LogP contribution is -2.03. The minimum absolute atomic E-state index is 0.0172. The zero-order valence-corrected chi connectivity index (χ0v) is 10.1. The Morgan fingerprint density at radius 1 is 1.17 bits per heavy atom. The van der Waals surface area contributed by atoms with Crippen molar-refractivity contribution in [3.05, 3.63) is 59.7 Å². The van der Waals surface area contributed by atoms with Gasteiger partial charge in [0.25, 0.3) is 0 Å². The zero-order chi connectivity index (χ0) is 13.0. The average molecular weight is 242 g/mol. The largest absolute Gasteiger partial charge is 0.504 e. The van der Waals surface area contributed by atoms with Crippen molar-refractivity contribution in [1.29, 1.82) is 0 Å². The number of phenols is 1. The van der Waals surface area contributed by atoms with Crippen molar-refractivity contribution in [2.24, 2.45) is 0 Å². The minimum atomic E-state index is -0.0286. The molecule has 18 heavy (non-hydrogen) atoms. The molecule has 2 aromatic rings. The molecule has 0 fully saturated rings. The molecule has 0 radical (unpaired) electrons. The Morgan fingerprint density at radius 2 is 1.89 bits per heavy atom. The number of hydrogen-bond donors (Lipinski definition) is 1. The summed E-state index contributed by atoms with van der Waals surface area (Å²) in [4.78, 5) is 12.0. The van der Waals surface area contributed by atoms with Gasteiger partial charge in [-0.1, -0.05) is 30.3 Å². The van der Waals surface area contributed by atoms with Crippen LogP contribution in [0.25, 0.3) is 0 Å². The number of benzene rings is 2. The summed E-state index contributed by atoms with van der Waals surface area (Å²) in [6.45, 7) is 0. The molecule has 0 saturated carbocycles. The molecule has 0 amide bonds. The minimum Gasteiger partial charge on any atom is -0.504 e. The number of aromatic hydroxyl groups is 1. The van der Waals surface area contributed by atoms with Gasteiger partial charge in [-0.15, -0.1) is 0 Å². The van der Waals surface area contributed by atoms with Crippen molar-refractivity contribution in [2.45, 2.75) is 6.42 Å². The van der Waals surface area contributed by atoms with Crippen molar-refractivity contribution >= 4 is 5.78 Å². The third kappa shape index (κ3) is 2.69. The van der Waals surface area contributed by atoms with Crippen LogP contribution < -0.4 is 4.74 Å². The van der Waals surface area contributed by atoms with Crippen molar-refractivity contribution in [2.75, 3.05) is 7.11 Å². The van der Waals surface area contributed by atoms with E-state index in [2.05, 4.69) is 0 Å². The topological polar surface area (TPSA) is 46.5 Å². The Morgan fingerprint density at radius 3 is 2.50 bits per heavy atom. The fraction of sp³-hybridized carbons (Fsp3) is 0.133. The van der Waals surface area contributed by atoms with Crippen LogP contribution in [-0.4, -0.2) is 18.0 Å². The number of hydrogen-bond acceptors (Lipinski definition) is 3. The van der Waals surface area contributed by atoms with Gasteiger partial charge in [-0.2, -0.15) is 0 Å². The van der Waals surface area contributed by atoms with Gasteiger partial charge in [0.1, 0.15) is 0 Å². The summed E-state index contributed by atoms with van der Waals surface area (Å²) in [5.41, 5.74) is 1.44. The third-order valence-corrected chi connectivity index (χ3v) is 2.71. The van der Waals surface area contributed by atoms with E-state index in [1.54, 1.807) is 12.1 Å². The fourth-order valence-corrected chi connectivity index (χ4v) is 1.75. The van der Waals surface area contributed by atoms with Crippen LogP contribution in [-0.2, 0) is 6.42 Å². The van der Waals surface area contributed by atoms with Crippen LogP contribution in [0.4, 0.5) is 0 Å². The molecule has 0 aromatic heterocycles. The summed E-state index contributed by atoms with van der Waals surface area (Å²) >= 11 is 0. The summed E-state index contributed by atoms with van der Waals surface area (Å²) < 4.78 is 4.94. The van der Waals surface area contributed by atoms with E-state index < -0.39 is 0 Å². The maximum Gasteiger partial charge on any atom is 0.167 e. The molecule has 0 spiro atoms. The zero-order valence-electron chi connectivity index (χ0n) is 10.1. The van der Waals surface area contributed by atoms with Gasteiger partial charge >= 0.3 is 0 Å². The van der Waals surface area contributed by atoms with Crippen LogP contribution in [0.2, 0.25) is 0 Å². The van der Waals surface area contributed by atoms with Gasteiger partial charge in [-0.25, -0.2) is 0 Å². The molecule has 0 atom stereocenters. The van der Waals surface area contributed by atoms with Gasteiger partial charge in [0.05, 0.1) is 7.11 Å². The van der Waals surface area contributed by atoms with E-state index in [1.807, 2.05) is 30.3 Å². The first-order chi connectivity index (χ1) is 8.70. The standard InChI is InChI=1S/C15H14O3/c1-18-15-8-7-12(10-14(15)17)13(16)9-11-5-3-2-4-6-11/h2-8,10,17H,9H2,1H3. The van der Waals surface area contributed by atoms with Crippen LogP contribution in [0.3, 0.4) is 0 Å². The van der Waals surface area contributed by atoms with Gasteiger partial charge in [-0.05, 0) is 23.8 Å². The lowest BCUT2D eigenvalue weighted by atomic mass is 10.0. The number of methoxy groups -OCH3 is 1. The Hall–Kier alpha value is -2.29. The van der Waals surface area contributed by atoms with E-state index in [9.17, 15) is 9.90 Å².